The highest BCUT2D eigenvalue weighted by atomic mass is 19.1. The first-order valence-corrected chi connectivity index (χ1v) is 13.5. The third kappa shape index (κ3) is 3.61. The number of hydrogen-bond acceptors (Lipinski definition) is 7. The van der Waals surface area contributed by atoms with E-state index in [1.807, 2.05) is 20.8 Å². The molecular weight excluding hydrogens is 479 g/mol. The van der Waals surface area contributed by atoms with Crippen molar-refractivity contribution < 1.29 is 38.1 Å². The van der Waals surface area contributed by atoms with E-state index in [1.54, 1.807) is 26.8 Å². The number of ether oxygens (including phenoxy) is 2. The maximum atomic E-state index is 17.5. The summed E-state index contributed by atoms with van der Waals surface area (Å²) in [6.07, 6.45) is 3.81. The first kappa shape index (κ1) is 27.7. The van der Waals surface area contributed by atoms with Gasteiger partial charge in [0.05, 0.1) is 6.10 Å². The molecule has 1 N–H and O–H groups in total. The van der Waals surface area contributed by atoms with Gasteiger partial charge in [-0.25, -0.2) is 4.39 Å². The van der Waals surface area contributed by atoms with Gasteiger partial charge in [0.2, 0.25) is 5.78 Å². The van der Waals surface area contributed by atoms with Crippen LogP contribution in [0.3, 0.4) is 0 Å². The van der Waals surface area contributed by atoms with Crippen molar-refractivity contribution in [2.24, 2.45) is 34.5 Å². The van der Waals surface area contributed by atoms with Crippen molar-refractivity contribution in [3.05, 3.63) is 23.8 Å². The van der Waals surface area contributed by atoms with Crippen molar-refractivity contribution in [3.8, 4) is 0 Å². The molecule has 204 valence electrons. The Morgan fingerprint density at radius 1 is 1.08 bits per heavy atom. The number of ketones is 2. The minimum atomic E-state index is -2.07. The van der Waals surface area contributed by atoms with Gasteiger partial charge in [-0.2, -0.15) is 0 Å². The summed E-state index contributed by atoms with van der Waals surface area (Å²) < 4.78 is 28.7. The number of allylic oxidation sites excluding steroid dienone is 4. The number of hydrogen-bond donors (Lipinski definition) is 1. The van der Waals surface area contributed by atoms with Crippen molar-refractivity contribution in [2.45, 2.75) is 91.0 Å². The van der Waals surface area contributed by atoms with Crippen LogP contribution in [0.5, 0.6) is 0 Å². The zero-order valence-corrected chi connectivity index (χ0v) is 22.6. The summed E-state index contributed by atoms with van der Waals surface area (Å²) in [4.78, 5) is 50.6. The van der Waals surface area contributed by atoms with Crippen LogP contribution in [0, 0.1) is 34.5 Å². The molecule has 0 heterocycles. The van der Waals surface area contributed by atoms with E-state index >= 15 is 4.39 Å². The summed E-state index contributed by atoms with van der Waals surface area (Å²) in [5.74, 6) is -3.48. The second kappa shape index (κ2) is 9.14. The Labute approximate surface area is 217 Å². The van der Waals surface area contributed by atoms with Gasteiger partial charge in [0, 0.05) is 35.5 Å². The largest absolute Gasteiger partial charge is 0.457 e. The molecule has 9 atom stereocenters. The maximum absolute atomic E-state index is 17.5. The predicted octanol–water partition coefficient (Wildman–Crippen LogP) is 4.06. The van der Waals surface area contributed by atoms with E-state index in [0.29, 0.717) is 18.4 Å². The van der Waals surface area contributed by atoms with Gasteiger partial charge in [0.25, 0.3) is 0 Å². The minimum Gasteiger partial charge on any atom is -0.457 e. The number of fused-ring (bicyclic) bond motifs is 5. The third-order valence-corrected chi connectivity index (χ3v) is 10.1. The molecule has 0 aromatic carbocycles. The molecule has 4 rings (SSSR count). The van der Waals surface area contributed by atoms with E-state index in [9.17, 15) is 24.3 Å². The Morgan fingerprint density at radius 2 is 1.73 bits per heavy atom. The van der Waals surface area contributed by atoms with E-state index in [2.05, 4.69) is 0 Å². The van der Waals surface area contributed by atoms with Gasteiger partial charge < -0.3 is 14.6 Å². The van der Waals surface area contributed by atoms with Gasteiger partial charge in [-0.3, -0.25) is 19.2 Å². The summed E-state index contributed by atoms with van der Waals surface area (Å²) in [6.45, 7) is 10.0. The molecule has 4 aliphatic rings. The average molecular weight is 519 g/mol. The fraction of sp³-hybridized carbons (Fsp3) is 0.724. The Bertz CT molecular complexity index is 1080. The summed E-state index contributed by atoms with van der Waals surface area (Å²) in [5.41, 5.74) is -5.33. The van der Waals surface area contributed by atoms with Crippen LogP contribution in [0.15, 0.2) is 23.8 Å². The highest BCUT2D eigenvalue weighted by molar-refractivity contribution is 6.01. The topological polar surface area (TPSA) is 107 Å². The number of alkyl halides is 1. The third-order valence-electron chi connectivity index (χ3n) is 10.1. The van der Waals surface area contributed by atoms with Gasteiger partial charge in [0.15, 0.2) is 23.7 Å². The highest BCUT2D eigenvalue weighted by Crippen LogP contribution is 2.72. The monoisotopic (exact) mass is 518 g/mol. The van der Waals surface area contributed by atoms with Crippen LogP contribution in [0.2, 0.25) is 0 Å². The summed E-state index contributed by atoms with van der Waals surface area (Å²) in [7, 11) is 0. The summed E-state index contributed by atoms with van der Waals surface area (Å²) >= 11 is 0. The van der Waals surface area contributed by atoms with Crippen molar-refractivity contribution in [3.63, 3.8) is 0 Å². The number of aliphatic hydroxyl groups excluding tert-OH is 1. The molecule has 0 bridgehead atoms. The average Bonchev–Trinajstić information content (AvgIpc) is 3.07. The van der Waals surface area contributed by atoms with Crippen molar-refractivity contribution in [2.75, 3.05) is 6.61 Å². The van der Waals surface area contributed by atoms with Gasteiger partial charge in [-0.15, -0.1) is 0 Å². The lowest BCUT2D eigenvalue weighted by Gasteiger charge is -2.63. The molecule has 37 heavy (non-hydrogen) atoms. The highest BCUT2D eigenvalue weighted by Gasteiger charge is 2.77. The Hall–Kier alpha value is -2.35. The van der Waals surface area contributed by atoms with Crippen LogP contribution in [-0.4, -0.2) is 52.6 Å². The van der Waals surface area contributed by atoms with Crippen LogP contribution >= 0.6 is 0 Å². The molecule has 0 aromatic heterocycles. The van der Waals surface area contributed by atoms with Crippen molar-refractivity contribution in [1.82, 2.24) is 0 Å². The fourth-order valence-electron chi connectivity index (χ4n) is 8.40. The normalized spacial score (nSPS) is 44.3. The smallest absolute Gasteiger partial charge is 0.306 e. The minimum absolute atomic E-state index is 0.0400. The van der Waals surface area contributed by atoms with Crippen LogP contribution in [0.1, 0.15) is 73.6 Å². The lowest BCUT2D eigenvalue weighted by atomic mass is 9.43. The molecular formula is C29H39FO7. The molecule has 0 saturated heterocycles. The number of carbonyl (C=O) groups is 4. The first-order valence-electron chi connectivity index (χ1n) is 13.5. The number of Topliss-reactive ketones (excluding diaryl/α,β-unsaturated/α-hetero) is 1. The van der Waals surface area contributed by atoms with Crippen LogP contribution < -0.4 is 0 Å². The molecule has 0 amide bonds. The number of esters is 2. The zero-order valence-electron chi connectivity index (χ0n) is 22.6. The molecule has 0 radical (unpaired) electrons. The molecule has 0 aromatic rings. The van der Waals surface area contributed by atoms with Crippen LogP contribution in [0.25, 0.3) is 0 Å². The molecule has 3 fully saturated rings. The van der Waals surface area contributed by atoms with E-state index < -0.39 is 70.3 Å². The molecule has 0 aliphatic heterocycles. The summed E-state index contributed by atoms with van der Waals surface area (Å²) in [5, 5.41) is 11.6. The van der Waals surface area contributed by atoms with E-state index in [0.717, 1.165) is 0 Å². The van der Waals surface area contributed by atoms with Crippen molar-refractivity contribution in [1.29, 1.82) is 0 Å². The molecule has 8 heteroatoms. The number of carbonyl (C=O) groups excluding carboxylic acids is 4. The Kier molecular flexibility index (Phi) is 6.84. The number of halogens is 1. The second-order valence-electron chi connectivity index (χ2n) is 11.9. The Morgan fingerprint density at radius 3 is 2.35 bits per heavy atom. The lowest BCUT2D eigenvalue weighted by Crippen LogP contribution is -2.70. The van der Waals surface area contributed by atoms with Gasteiger partial charge in [-0.05, 0) is 50.2 Å². The lowest BCUT2D eigenvalue weighted by molar-refractivity contribution is -0.231. The Balaban J connectivity index is 1.83. The van der Waals surface area contributed by atoms with Gasteiger partial charge in [0.1, 0.15) is 0 Å². The van der Waals surface area contributed by atoms with Crippen LogP contribution in [-0.2, 0) is 28.7 Å². The van der Waals surface area contributed by atoms with E-state index in [-0.39, 0.29) is 31.0 Å². The molecule has 4 aliphatic carbocycles. The fourth-order valence-corrected chi connectivity index (χ4v) is 8.40. The predicted molar refractivity (Wildman–Crippen MR) is 133 cm³/mol. The van der Waals surface area contributed by atoms with Crippen molar-refractivity contribution >= 4 is 23.5 Å². The van der Waals surface area contributed by atoms with Gasteiger partial charge >= 0.3 is 11.9 Å². The number of rotatable bonds is 6. The molecule has 3 unspecified atom stereocenters. The van der Waals surface area contributed by atoms with E-state index in [1.165, 1.54) is 12.2 Å². The SMILES string of the molecule is CCC(=O)OCC(=O)[C@@]1(OC(=O)CC)C(C)C[C@H]2[C@@H]3CC(C)C4=CC(=O)C=C[C@]4(C)[C@@]3(F)C(O)C[C@@]21C. The maximum Gasteiger partial charge on any atom is 0.306 e. The molecule has 7 nitrogen and oxygen atoms in total. The number of aliphatic hydroxyl groups is 1. The molecule has 3 saturated carbocycles. The molecule has 0 spiro atoms. The zero-order chi connectivity index (χ0) is 27.6. The van der Waals surface area contributed by atoms with E-state index in [4.69, 9.17) is 9.47 Å². The quantitative estimate of drug-likeness (QED) is 0.529. The first-order chi connectivity index (χ1) is 17.2. The van der Waals surface area contributed by atoms with Gasteiger partial charge in [-0.1, -0.05) is 46.3 Å². The second-order valence-corrected chi connectivity index (χ2v) is 11.9. The van der Waals surface area contributed by atoms with Crippen LogP contribution in [0.4, 0.5) is 4.39 Å². The standard InChI is InChI=1S/C29H39FO7/c1-7-24(34)36-15-23(33)29(37-25(35)8-2)17(4)12-20-21-11-16(3)19-13-18(31)9-10-26(19,5)28(21,30)22(32)14-27(20,29)6/h9-10,13,16-17,20-22,32H,7-8,11-12,14-15H2,1-6H3/t16?,17?,20-,21-,22?,26-,27-,28-,29-/m0/s1. The summed E-state index contributed by atoms with van der Waals surface area (Å²) in [6, 6.07) is 0.